The molecule has 5 heteroatoms. The van der Waals surface area contributed by atoms with E-state index in [1.54, 1.807) is 35.6 Å². The van der Waals surface area contributed by atoms with Crippen LogP contribution in [0.2, 0.25) is 0 Å². The van der Waals surface area contributed by atoms with Crippen molar-refractivity contribution in [3.8, 4) is 0 Å². The van der Waals surface area contributed by atoms with Crippen molar-refractivity contribution in [1.29, 1.82) is 0 Å². The van der Waals surface area contributed by atoms with Gasteiger partial charge >= 0.3 is 0 Å². The summed E-state index contributed by atoms with van der Waals surface area (Å²) in [5, 5.41) is 0. The molecule has 4 nitrogen and oxygen atoms in total. The minimum Gasteiger partial charge on any atom is -0.399 e. The fourth-order valence-electron chi connectivity index (χ4n) is 2.97. The van der Waals surface area contributed by atoms with Crippen LogP contribution in [-0.4, -0.2) is 25.8 Å². The van der Waals surface area contributed by atoms with Crippen LogP contribution in [0.25, 0.3) is 0 Å². The average Bonchev–Trinajstić information content (AvgIpc) is 2.41. The lowest BCUT2D eigenvalue weighted by Crippen LogP contribution is -2.43. The molecular weight excluding hydrogens is 272 g/mol. The highest BCUT2D eigenvalue weighted by atomic mass is 32.2. The molecule has 1 aliphatic carbocycles. The number of sulfonamides is 1. The fraction of sp³-hybridized carbons (Fsp3) is 0.600. The lowest BCUT2D eigenvalue weighted by molar-refractivity contribution is 0.213. The summed E-state index contributed by atoms with van der Waals surface area (Å²) in [5.74, 6) is 0.488. The smallest absolute Gasteiger partial charge is 0.218 e. The third kappa shape index (κ3) is 3.52. The molecule has 2 atom stereocenters. The lowest BCUT2D eigenvalue weighted by atomic mass is 9.86. The van der Waals surface area contributed by atoms with Gasteiger partial charge in [0.1, 0.15) is 0 Å². The van der Waals surface area contributed by atoms with Crippen LogP contribution >= 0.6 is 0 Å². The van der Waals surface area contributed by atoms with Crippen LogP contribution in [0.4, 0.5) is 5.69 Å². The zero-order valence-corrected chi connectivity index (χ0v) is 13.1. The molecule has 0 heterocycles. The molecular formula is C15H24N2O2S. The Labute approximate surface area is 122 Å². The van der Waals surface area contributed by atoms with E-state index in [4.69, 9.17) is 5.73 Å². The highest BCUT2D eigenvalue weighted by Crippen LogP contribution is 2.29. The van der Waals surface area contributed by atoms with E-state index in [9.17, 15) is 8.42 Å². The summed E-state index contributed by atoms with van der Waals surface area (Å²) < 4.78 is 26.6. The van der Waals surface area contributed by atoms with Crippen molar-refractivity contribution in [2.75, 3.05) is 12.8 Å². The molecule has 0 spiro atoms. The highest BCUT2D eigenvalue weighted by Gasteiger charge is 2.31. The van der Waals surface area contributed by atoms with Gasteiger partial charge in [-0.3, -0.25) is 0 Å². The molecule has 0 saturated heterocycles. The Bertz CT molecular complexity index is 539. The summed E-state index contributed by atoms with van der Waals surface area (Å²) in [6.07, 6.45) is 4.42. The first-order valence-electron chi connectivity index (χ1n) is 7.20. The quantitative estimate of drug-likeness (QED) is 0.869. The summed E-state index contributed by atoms with van der Waals surface area (Å²) in [5.41, 5.74) is 7.07. The van der Waals surface area contributed by atoms with E-state index >= 15 is 0 Å². The Morgan fingerprint density at radius 1 is 1.20 bits per heavy atom. The lowest BCUT2D eigenvalue weighted by Gasteiger charge is -2.35. The van der Waals surface area contributed by atoms with Crippen LogP contribution in [0.3, 0.4) is 0 Å². The van der Waals surface area contributed by atoms with E-state index in [1.807, 2.05) is 0 Å². The Balaban J connectivity index is 2.10. The Morgan fingerprint density at radius 3 is 2.40 bits per heavy atom. The van der Waals surface area contributed by atoms with Crippen molar-refractivity contribution >= 4 is 15.7 Å². The van der Waals surface area contributed by atoms with Crippen molar-refractivity contribution < 1.29 is 8.42 Å². The Kier molecular flexibility index (Phi) is 4.70. The van der Waals surface area contributed by atoms with Crippen LogP contribution in [0.5, 0.6) is 0 Å². The van der Waals surface area contributed by atoms with Gasteiger partial charge in [0.2, 0.25) is 10.0 Å². The molecule has 2 unspecified atom stereocenters. The predicted molar refractivity (Wildman–Crippen MR) is 82.7 cm³/mol. The van der Waals surface area contributed by atoms with Crippen LogP contribution in [0.1, 0.15) is 38.2 Å². The van der Waals surface area contributed by atoms with Gasteiger partial charge in [-0.1, -0.05) is 31.9 Å². The maximum Gasteiger partial charge on any atom is 0.218 e. The number of nitrogen functional groups attached to an aromatic ring is 1. The zero-order valence-electron chi connectivity index (χ0n) is 12.2. The highest BCUT2D eigenvalue weighted by molar-refractivity contribution is 7.88. The average molecular weight is 296 g/mol. The van der Waals surface area contributed by atoms with Gasteiger partial charge in [0.15, 0.2) is 0 Å². The van der Waals surface area contributed by atoms with Crippen molar-refractivity contribution in [2.24, 2.45) is 5.92 Å². The van der Waals surface area contributed by atoms with Crippen LogP contribution in [0, 0.1) is 5.92 Å². The molecule has 0 amide bonds. The van der Waals surface area contributed by atoms with Crippen LogP contribution in [0.15, 0.2) is 24.3 Å². The number of nitrogens with zero attached hydrogens (tertiary/aromatic N) is 1. The molecule has 2 rings (SSSR count). The predicted octanol–water partition coefficient (Wildman–Crippen LogP) is 2.61. The monoisotopic (exact) mass is 296 g/mol. The van der Waals surface area contributed by atoms with Crippen molar-refractivity contribution in [1.82, 2.24) is 4.31 Å². The van der Waals surface area contributed by atoms with Crippen LogP contribution < -0.4 is 5.73 Å². The molecule has 1 aliphatic rings. The molecule has 1 fully saturated rings. The molecule has 0 radical (unpaired) electrons. The molecule has 1 aromatic carbocycles. The topological polar surface area (TPSA) is 63.4 Å². The standard InChI is InChI=1S/C15H24N2O2S/c1-12-5-3-4-6-15(12)17(2)20(18,19)11-13-7-9-14(16)10-8-13/h7-10,12,15H,3-6,11,16H2,1-2H3. The van der Waals surface area contributed by atoms with Gasteiger partial charge in [0.05, 0.1) is 5.75 Å². The van der Waals surface area contributed by atoms with E-state index in [0.29, 0.717) is 11.6 Å². The number of anilines is 1. The van der Waals surface area contributed by atoms with E-state index in [1.165, 1.54) is 6.42 Å². The molecule has 1 saturated carbocycles. The summed E-state index contributed by atoms with van der Waals surface area (Å²) >= 11 is 0. The van der Waals surface area contributed by atoms with Crippen molar-refractivity contribution in [3.05, 3.63) is 29.8 Å². The van der Waals surface area contributed by atoms with E-state index in [0.717, 1.165) is 24.8 Å². The van der Waals surface area contributed by atoms with E-state index in [-0.39, 0.29) is 11.8 Å². The molecule has 1 aromatic rings. The number of benzene rings is 1. The van der Waals surface area contributed by atoms with Gasteiger partial charge in [-0.15, -0.1) is 0 Å². The SMILES string of the molecule is CC1CCCCC1N(C)S(=O)(=O)Cc1ccc(N)cc1. The summed E-state index contributed by atoms with van der Waals surface area (Å²) in [6, 6.07) is 7.20. The molecule has 0 bridgehead atoms. The van der Waals surface area contributed by atoms with Gasteiger partial charge in [-0.05, 0) is 36.5 Å². The Morgan fingerprint density at radius 2 is 1.80 bits per heavy atom. The second kappa shape index (κ2) is 6.14. The summed E-state index contributed by atoms with van der Waals surface area (Å²) in [4.78, 5) is 0. The maximum atomic E-state index is 12.5. The van der Waals surface area contributed by atoms with Crippen molar-refractivity contribution in [2.45, 2.75) is 44.4 Å². The first-order valence-corrected chi connectivity index (χ1v) is 8.81. The van der Waals surface area contributed by atoms with Crippen molar-refractivity contribution in [3.63, 3.8) is 0 Å². The minimum atomic E-state index is -3.27. The van der Waals surface area contributed by atoms with Gasteiger partial charge < -0.3 is 5.73 Å². The fourth-order valence-corrected chi connectivity index (χ4v) is 4.51. The molecule has 2 N–H and O–H groups in total. The molecule has 20 heavy (non-hydrogen) atoms. The number of hydrogen-bond acceptors (Lipinski definition) is 3. The third-order valence-corrected chi connectivity index (χ3v) is 6.15. The van der Waals surface area contributed by atoms with E-state index < -0.39 is 10.0 Å². The van der Waals surface area contributed by atoms with Gasteiger partial charge in [-0.2, -0.15) is 0 Å². The Hall–Kier alpha value is -1.07. The van der Waals surface area contributed by atoms with Crippen LogP contribution in [-0.2, 0) is 15.8 Å². The first kappa shape index (κ1) is 15.3. The minimum absolute atomic E-state index is 0.0486. The van der Waals surface area contributed by atoms with Gasteiger partial charge in [-0.25, -0.2) is 12.7 Å². The molecule has 112 valence electrons. The molecule has 0 aromatic heterocycles. The summed E-state index contributed by atoms with van der Waals surface area (Å²) in [7, 11) is -1.54. The zero-order chi connectivity index (χ0) is 14.8. The number of hydrogen-bond donors (Lipinski definition) is 1. The van der Waals surface area contributed by atoms with Gasteiger partial charge in [0, 0.05) is 18.8 Å². The second-order valence-corrected chi connectivity index (χ2v) is 7.87. The maximum absolute atomic E-state index is 12.5. The summed E-state index contributed by atoms with van der Waals surface area (Å²) in [6.45, 7) is 2.15. The molecule has 0 aliphatic heterocycles. The van der Waals surface area contributed by atoms with E-state index in [2.05, 4.69) is 6.92 Å². The number of nitrogens with two attached hydrogens (primary N) is 1. The third-order valence-electron chi connectivity index (χ3n) is 4.30. The number of rotatable bonds is 4. The largest absolute Gasteiger partial charge is 0.399 e. The second-order valence-electron chi connectivity index (χ2n) is 5.84. The normalized spacial score (nSPS) is 23.9. The first-order chi connectivity index (χ1) is 9.40. The van der Waals surface area contributed by atoms with Gasteiger partial charge in [0.25, 0.3) is 0 Å².